The number of carbonyl (C=O) groups is 2. The molecule has 0 saturated carbocycles. The van der Waals surface area contributed by atoms with Crippen LogP contribution in [0.1, 0.15) is 6.42 Å². The molecule has 1 saturated heterocycles. The van der Waals surface area contributed by atoms with Gasteiger partial charge in [0.05, 0.1) is 22.8 Å². The second kappa shape index (κ2) is 5.58. The largest absolute Gasteiger partial charge is 0.372 e. The van der Waals surface area contributed by atoms with Crippen LogP contribution in [0.5, 0.6) is 0 Å². The summed E-state index contributed by atoms with van der Waals surface area (Å²) in [6, 6.07) is 15.5. The summed E-state index contributed by atoms with van der Waals surface area (Å²) in [6.45, 7) is 0. The standard InChI is InChI=1S/C16H13ClN2O2/c17-12-8-4-5-9-13(12)18-14-10-15(20)19(16(14)21)11-6-2-1-3-7-11/h1-9,14,18H,10H2/t14-/m0/s1. The van der Waals surface area contributed by atoms with Gasteiger partial charge in [0.1, 0.15) is 6.04 Å². The number of nitrogens with one attached hydrogen (secondary N) is 1. The van der Waals surface area contributed by atoms with E-state index in [0.717, 1.165) is 0 Å². The molecule has 0 unspecified atom stereocenters. The van der Waals surface area contributed by atoms with Crippen molar-refractivity contribution in [3.8, 4) is 0 Å². The Hall–Kier alpha value is -2.33. The van der Waals surface area contributed by atoms with Crippen molar-refractivity contribution in [3.05, 3.63) is 59.6 Å². The summed E-state index contributed by atoms with van der Waals surface area (Å²) < 4.78 is 0. The number of carbonyl (C=O) groups excluding carboxylic acids is 2. The number of benzene rings is 2. The van der Waals surface area contributed by atoms with E-state index in [1.165, 1.54) is 4.90 Å². The molecule has 1 fully saturated rings. The number of hydrogen-bond acceptors (Lipinski definition) is 3. The Kier molecular flexibility index (Phi) is 3.62. The third kappa shape index (κ3) is 2.62. The van der Waals surface area contributed by atoms with E-state index >= 15 is 0 Å². The molecule has 21 heavy (non-hydrogen) atoms. The van der Waals surface area contributed by atoms with Crippen LogP contribution >= 0.6 is 11.6 Å². The summed E-state index contributed by atoms with van der Waals surface area (Å²) in [5.74, 6) is -0.470. The van der Waals surface area contributed by atoms with Crippen LogP contribution in [0.3, 0.4) is 0 Å². The Balaban J connectivity index is 1.83. The maximum atomic E-state index is 12.4. The lowest BCUT2D eigenvalue weighted by Crippen LogP contribution is -2.34. The van der Waals surface area contributed by atoms with Gasteiger partial charge in [-0.3, -0.25) is 9.59 Å². The van der Waals surface area contributed by atoms with Crippen molar-refractivity contribution in [1.29, 1.82) is 0 Å². The van der Waals surface area contributed by atoms with Gasteiger partial charge in [-0.05, 0) is 24.3 Å². The highest BCUT2D eigenvalue weighted by atomic mass is 35.5. The molecule has 2 aromatic rings. The second-order valence-electron chi connectivity index (χ2n) is 4.78. The first-order chi connectivity index (χ1) is 10.2. The maximum absolute atomic E-state index is 12.4. The SMILES string of the molecule is O=C1C[C@H](Nc2ccccc2Cl)C(=O)N1c1ccccc1. The van der Waals surface area contributed by atoms with E-state index in [9.17, 15) is 9.59 Å². The fraction of sp³-hybridized carbons (Fsp3) is 0.125. The molecule has 0 aliphatic carbocycles. The van der Waals surface area contributed by atoms with Crippen LogP contribution in [0.4, 0.5) is 11.4 Å². The molecule has 3 rings (SSSR count). The molecule has 1 aliphatic heterocycles. The molecule has 1 heterocycles. The highest BCUT2D eigenvalue weighted by Crippen LogP contribution is 2.27. The minimum atomic E-state index is -0.586. The quantitative estimate of drug-likeness (QED) is 0.886. The lowest BCUT2D eigenvalue weighted by molar-refractivity contribution is -0.121. The Morgan fingerprint density at radius 1 is 1.00 bits per heavy atom. The van der Waals surface area contributed by atoms with Crippen LogP contribution in [-0.4, -0.2) is 17.9 Å². The lowest BCUT2D eigenvalue weighted by Gasteiger charge is -2.16. The maximum Gasteiger partial charge on any atom is 0.256 e. The van der Waals surface area contributed by atoms with Gasteiger partial charge in [-0.2, -0.15) is 0 Å². The Morgan fingerprint density at radius 2 is 1.67 bits per heavy atom. The summed E-state index contributed by atoms with van der Waals surface area (Å²) in [5, 5.41) is 3.57. The fourth-order valence-corrected chi connectivity index (χ4v) is 2.55. The number of anilines is 2. The van der Waals surface area contributed by atoms with Gasteiger partial charge in [-0.25, -0.2) is 4.90 Å². The smallest absolute Gasteiger partial charge is 0.256 e. The third-order valence-electron chi connectivity index (χ3n) is 3.36. The molecule has 1 aliphatic rings. The molecule has 0 bridgehead atoms. The number of amides is 2. The molecular weight excluding hydrogens is 288 g/mol. The van der Waals surface area contributed by atoms with Crippen molar-refractivity contribution in [1.82, 2.24) is 0 Å². The van der Waals surface area contributed by atoms with E-state index in [2.05, 4.69) is 5.32 Å². The number of para-hydroxylation sites is 2. The van der Waals surface area contributed by atoms with Crippen LogP contribution < -0.4 is 10.2 Å². The molecule has 1 atom stereocenters. The minimum Gasteiger partial charge on any atom is -0.372 e. The van der Waals surface area contributed by atoms with E-state index in [1.807, 2.05) is 18.2 Å². The Bertz CT molecular complexity index is 688. The molecule has 2 amide bonds. The Labute approximate surface area is 127 Å². The van der Waals surface area contributed by atoms with E-state index in [0.29, 0.717) is 16.4 Å². The van der Waals surface area contributed by atoms with Crippen molar-refractivity contribution < 1.29 is 9.59 Å². The van der Waals surface area contributed by atoms with E-state index in [-0.39, 0.29) is 18.2 Å². The van der Waals surface area contributed by atoms with Gasteiger partial charge < -0.3 is 5.32 Å². The zero-order valence-corrected chi connectivity index (χ0v) is 11.9. The van der Waals surface area contributed by atoms with Crippen molar-refractivity contribution >= 4 is 34.8 Å². The van der Waals surface area contributed by atoms with Crippen LogP contribution in [0.25, 0.3) is 0 Å². The summed E-state index contributed by atoms with van der Waals surface area (Å²) in [6.07, 6.45) is 0.124. The van der Waals surface area contributed by atoms with Gasteiger partial charge in [-0.15, -0.1) is 0 Å². The van der Waals surface area contributed by atoms with Gasteiger partial charge in [0.25, 0.3) is 5.91 Å². The summed E-state index contributed by atoms with van der Waals surface area (Å²) in [5.41, 5.74) is 1.25. The second-order valence-corrected chi connectivity index (χ2v) is 5.19. The molecule has 0 aromatic heterocycles. The highest BCUT2D eigenvalue weighted by Gasteiger charge is 2.39. The third-order valence-corrected chi connectivity index (χ3v) is 3.69. The number of imide groups is 1. The molecular formula is C16H13ClN2O2. The summed E-state index contributed by atoms with van der Waals surface area (Å²) in [4.78, 5) is 25.8. The predicted octanol–water partition coefficient (Wildman–Crippen LogP) is 3.08. The normalized spacial score (nSPS) is 18.1. The number of halogens is 1. The Morgan fingerprint density at radius 3 is 2.38 bits per heavy atom. The molecule has 0 spiro atoms. The number of nitrogens with zero attached hydrogens (tertiary/aromatic N) is 1. The van der Waals surface area contributed by atoms with Gasteiger partial charge in [0.2, 0.25) is 5.91 Å². The van der Waals surface area contributed by atoms with Crippen molar-refractivity contribution in [3.63, 3.8) is 0 Å². The van der Waals surface area contributed by atoms with Gasteiger partial charge in [0.15, 0.2) is 0 Å². The predicted molar refractivity (Wildman–Crippen MR) is 82.4 cm³/mol. The number of rotatable bonds is 3. The fourth-order valence-electron chi connectivity index (χ4n) is 2.36. The molecule has 106 valence electrons. The average Bonchev–Trinajstić information content (AvgIpc) is 2.77. The van der Waals surface area contributed by atoms with E-state index < -0.39 is 6.04 Å². The molecule has 5 heteroatoms. The molecule has 4 nitrogen and oxygen atoms in total. The number of hydrogen-bond donors (Lipinski definition) is 1. The molecule has 1 N–H and O–H groups in total. The van der Waals surface area contributed by atoms with Crippen LogP contribution in [-0.2, 0) is 9.59 Å². The van der Waals surface area contributed by atoms with Gasteiger partial charge >= 0.3 is 0 Å². The monoisotopic (exact) mass is 300 g/mol. The lowest BCUT2D eigenvalue weighted by atomic mass is 10.2. The minimum absolute atomic E-state index is 0.124. The van der Waals surface area contributed by atoms with Crippen molar-refractivity contribution in [2.24, 2.45) is 0 Å². The first kappa shape index (κ1) is 13.6. The summed E-state index contributed by atoms with van der Waals surface area (Å²) in [7, 11) is 0. The topological polar surface area (TPSA) is 49.4 Å². The van der Waals surface area contributed by atoms with Crippen molar-refractivity contribution in [2.75, 3.05) is 10.2 Å². The first-order valence-electron chi connectivity index (χ1n) is 6.60. The zero-order valence-electron chi connectivity index (χ0n) is 11.1. The van der Waals surface area contributed by atoms with Gasteiger partial charge in [0, 0.05) is 0 Å². The van der Waals surface area contributed by atoms with Crippen LogP contribution in [0, 0.1) is 0 Å². The first-order valence-corrected chi connectivity index (χ1v) is 6.97. The van der Waals surface area contributed by atoms with Crippen LogP contribution in [0.2, 0.25) is 5.02 Å². The molecule has 0 radical (unpaired) electrons. The van der Waals surface area contributed by atoms with Gasteiger partial charge in [-0.1, -0.05) is 41.9 Å². The summed E-state index contributed by atoms with van der Waals surface area (Å²) >= 11 is 6.07. The van der Waals surface area contributed by atoms with E-state index in [4.69, 9.17) is 11.6 Å². The van der Waals surface area contributed by atoms with E-state index in [1.54, 1.807) is 36.4 Å². The molecule has 2 aromatic carbocycles. The zero-order chi connectivity index (χ0) is 14.8. The van der Waals surface area contributed by atoms with Crippen LogP contribution in [0.15, 0.2) is 54.6 Å². The van der Waals surface area contributed by atoms with Crippen molar-refractivity contribution in [2.45, 2.75) is 12.5 Å². The highest BCUT2D eigenvalue weighted by molar-refractivity contribution is 6.33. The average molecular weight is 301 g/mol.